The van der Waals surface area contributed by atoms with Gasteiger partial charge in [0, 0.05) is 40.2 Å². The minimum absolute atomic E-state index is 0.00514. The zero-order valence-electron chi connectivity index (χ0n) is 20.9. The molecule has 1 fully saturated rings. The summed E-state index contributed by atoms with van der Waals surface area (Å²) in [6, 6.07) is 9.78. The maximum Gasteiger partial charge on any atom is 0.350 e. The van der Waals surface area contributed by atoms with Crippen LogP contribution in [0.5, 0.6) is 0 Å². The Morgan fingerprint density at radius 2 is 1.83 bits per heavy atom. The van der Waals surface area contributed by atoms with Gasteiger partial charge in [-0.3, -0.25) is 4.79 Å². The number of hydrogen-bond donors (Lipinski definition) is 0. The molecule has 5 rings (SSSR count). The lowest BCUT2D eigenvalue weighted by Crippen LogP contribution is -2.42. The highest BCUT2D eigenvalue weighted by atomic mass is 32.1. The minimum Gasteiger partial charge on any atom is -0.465 e. The van der Waals surface area contributed by atoms with E-state index in [9.17, 15) is 9.59 Å². The lowest BCUT2D eigenvalue weighted by atomic mass is 9.82. The summed E-state index contributed by atoms with van der Waals surface area (Å²) in [7, 11) is 1.39. The molecule has 0 unspecified atom stereocenters. The van der Waals surface area contributed by atoms with E-state index in [2.05, 4.69) is 17.0 Å². The molecule has 0 N–H and O–H groups in total. The van der Waals surface area contributed by atoms with Crippen molar-refractivity contribution in [1.29, 1.82) is 0 Å². The number of amides is 1. The van der Waals surface area contributed by atoms with Gasteiger partial charge in [0.25, 0.3) is 0 Å². The van der Waals surface area contributed by atoms with E-state index in [0.717, 1.165) is 51.7 Å². The van der Waals surface area contributed by atoms with Crippen LogP contribution < -0.4 is 4.90 Å². The standard InChI is InChI=1S/C27H30N4O3S2/c1-16(2)31(26(32)18-8-6-17(3)7-9-18)20-15-23(36-25(20)27(33)34-4)22-11-10-21(35-22)19-14-24-28-12-5-13-30(24)29-19/h5,10-18H,6-9H2,1-4H3/t17-,18-. The predicted molar refractivity (Wildman–Crippen MR) is 145 cm³/mol. The highest BCUT2D eigenvalue weighted by Gasteiger charge is 2.34. The van der Waals surface area contributed by atoms with Crippen molar-refractivity contribution in [2.75, 3.05) is 12.0 Å². The number of hydrogen-bond acceptors (Lipinski definition) is 7. The van der Waals surface area contributed by atoms with Crippen molar-refractivity contribution >= 4 is 45.9 Å². The van der Waals surface area contributed by atoms with Crippen LogP contribution in [0.25, 0.3) is 26.0 Å². The van der Waals surface area contributed by atoms with Crippen molar-refractivity contribution in [3.63, 3.8) is 0 Å². The van der Waals surface area contributed by atoms with Gasteiger partial charge in [-0.1, -0.05) is 6.92 Å². The fourth-order valence-electron chi connectivity index (χ4n) is 4.83. The first-order valence-corrected chi connectivity index (χ1v) is 13.9. The van der Waals surface area contributed by atoms with E-state index in [0.29, 0.717) is 16.5 Å². The Morgan fingerprint density at radius 3 is 2.53 bits per heavy atom. The molecule has 4 aromatic rings. The highest BCUT2D eigenvalue weighted by molar-refractivity contribution is 7.24. The van der Waals surface area contributed by atoms with Crippen LogP contribution >= 0.6 is 22.7 Å². The number of anilines is 1. The maximum atomic E-state index is 13.7. The number of esters is 1. The quantitative estimate of drug-likeness (QED) is 0.269. The van der Waals surface area contributed by atoms with Gasteiger partial charge in [0.2, 0.25) is 5.91 Å². The van der Waals surface area contributed by atoms with Gasteiger partial charge in [0.15, 0.2) is 5.65 Å². The molecular formula is C27H30N4O3S2. The second-order valence-corrected chi connectivity index (χ2v) is 11.8. The molecule has 1 saturated carbocycles. The van der Waals surface area contributed by atoms with Crippen LogP contribution in [0, 0.1) is 11.8 Å². The molecule has 1 amide bonds. The van der Waals surface area contributed by atoms with E-state index in [-0.39, 0.29) is 17.9 Å². The number of thiophene rings is 2. The first-order valence-electron chi connectivity index (χ1n) is 12.3. The van der Waals surface area contributed by atoms with Gasteiger partial charge in [-0.15, -0.1) is 22.7 Å². The monoisotopic (exact) mass is 522 g/mol. The number of nitrogens with zero attached hydrogens (tertiary/aromatic N) is 4. The average Bonchev–Trinajstić information content (AvgIpc) is 3.61. The van der Waals surface area contributed by atoms with E-state index in [1.807, 2.05) is 55.3 Å². The Bertz CT molecular complexity index is 1360. The van der Waals surface area contributed by atoms with E-state index >= 15 is 0 Å². The molecule has 0 radical (unpaired) electrons. The third-order valence-corrected chi connectivity index (χ3v) is 9.21. The van der Waals surface area contributed by atoms with Crippen molar-refractivity contribution < 1.29 is 14.3 Å². The third-order valence-electron chi connectivity index (χ3n) is 6.80. The van der Waals surface area contributed by atoms with E-state index < -0.39 is 5.97 Å². The second-order valence-electron chi connectivity index (χ2n) is 9.69. The summed E-state index contributed by atoms with van der Waals surface area (Å²) in [4.78, 5) is 36.1. The smallest absolute Gasteiger partial charge is 0.350 e. The summed E-state index contributed by atoms with van der Waals surface area (Å²) in [5.74, 6) is 0.349. The zero-order chi connectivity index (χ0) is 25.4. The molecule has 4 aromatic heterocycles. The first kappa shape index (κ1) is 24.6. The number of rotatable bonds is 6. The molecule has 0 spiro atoms. The predicted octanol–water partition coefficient (Wildman–Crippen LogP) is 6.54. The van der Waals surface area contributed by atoms with Gasteiger partial charge in [-0.25, -0.2) is 14.3 Å². The summed E-state index contributed by atoms with van der Waals surface area (Å²) in [5.41, 5.74) is 2.28. The molecule has 0 atom stereocenters. The fourth-order valence-corrected chi connectivity index (χ4v) is 6.94. The van der Waals surface area contributed by atoms with Gasteiger partial charge < -0.3 is 9.64 Å². The summed E-state index contributed by atoms with van der Waals surface area (Å²) in [6.07, 6.45) is 7.55. The lowest BCUT2D eigenvalue weighted by Gasteiger charge is -2.33. The average molecular weight is 523 g/mol. The number of methoxy groups -OCH3 is 1. The molecule has 0 bridgehead atoms. The van der Waals surface area contributed by atoms with E-state index in [1.54, 1.807) is 22.0 Å². The number of fused-ring (bicyclic) bond motifs is 1. The van der Waals surface area contributed by atoms with Gasteiger partial charge >= 0.3 is 5.97 Å². The normalized spacial score (nSPS) is 18.0. The Labute approximate surface area is 218 Å². The van der Waals surface area contributed by atoms with Crippen LogP contribution in [0.3, 0.4) is 0 Å². The van der Waals surface area contributed by atoms with Crippen molar-refractivity contribution in [3.8, 4) is 20.3 Å². The third kappa shape index (κ3) is 4.69. The molecule has 0 aromatic carbocycles. The number of carbonyl (C=O) groups excluding carboxylic acids is 2. The van der Waals surface area contributed by atoms with Crippen molar-refractivity contribution in [3.05, 3.63) is 47.6 Å². The van der Waals surface area contributed by atoms with E-state index in [1.165, 1.54) is 18.4 Å². The molecular weight excluding hydrogens is 492 g/mol. The lowest BCUT2D eigenvalue weighted by molar-refractivity contribution is -0.123. The molecule has 4 heterocycles. The molecule has 9 heteroatoms. The second kappa shape index (κ2) is 10.1. The van der Waals surface area contributed by atoms with Crippen LogP contribution in [0.2, 0.25) is 0 Å². The summed E-state index contributed by atoms with van der Waals surface area (Å²) in [6.45, 7) is 6.25. The summed E-state index contributed by atoms with van der Waals surface area (Å²) in [5, 5.41) is 4.63. The van der Waals surface area contributed by atoms with Crippen molar-refractivity contribution in [1.82, 2.24) is 14.6 Å². The molecule has 0 aliphatic heterocycles. The molecule has 0 saturated heterocycles. The number of ether oxygens (including phenoxy) is 1. The van der Waals surface area contributed by atoms with Gasteiger partial charge in [0.05, 0.1) is 17.7 Å². The maximum absolute atomic E-state index is 13.7. The first-order chi connectivity index (χ1) is 17.4. The Morgan fingerprint density at radius 1 is 1.08 bits per heavy atom. The van der Waals surface area contributed by atoms with Crippen LogP contribution in [0.4, 0.5) is 5.69 Å². The number of aromatic nitrogens is 3. The minimum atomic E-state index is -0.417. The fraction of sp³-hybridized carbons (Fsp3) is 0.407. The van der Waals surface area contributed by atoms with Crippen LogP contribution in [0.1, 0.15) is 56.1 Å². The Hall–Kier alpha value is -3.04. The largest absolute Gasteiger partial charge is 0.465 e. The molecule has 1 aliphatic rings. The summed E-state index contributed by atoms with van der Waals surface area (Å²) < 4.78 is 6.88. The van der Waals surface area contributed by atoms with Crippen LogP contribution in [-0.4, -0.2) is 39.6 Å². The summed E-state index contributed by atoms with van der Waals surface area (Å²) >= 11 is 2.98. The Kier molecular flexibility index (Phi) is 6.94. The Balaban J connectivity index is 1.50. The highest BCUT2D eigenvalue weighted by Crippen LogP contribution is 2.43. The van der Waals surface area contributed by atoms with Gasteiger partial charge in [0.1, 0.15) is 10.6 Å². The van der Waals surface area contributed by atoms with Crippen LogP contribution in [-0.2, 0) is 9.53 Å². The van der Waals surface area contributed by atoms with Crippen molar-refractivity contribution in [2.24, 2.45) is 11.8 Å². The molecule has 7 nitrogen and oxygen atoms in total. The van der Waals surface area contributed by atoms with Crippen molar-refractivity contribution in [2.45, 2.75) is 52.5 Å². The molecule has 36 heavy (non-hydrogen) atoms. The molecule has 188 valence electrons. The SMILES string of the molecule is COC(=O)c1sc(-c2ccc(-c3cc4ncccn4n3)s2)cc1N(C(=O)[C@H]1CC[C@H](C)CC1)C(C)C. The van der Waals surface area contributed by atoms with Gasteiger partial charge in [-0.2, -0.15) is 5.10 Å². The molecule has 1 aliphatic carbocycles. The number of carbonyl (C=O) groups is 2. The van der Waals surface area contributed by atoms with Gasteiger partial charge in [-0.05, 0) is 69.7 Å². The van der Waals surface area contributed by atoms with E-state index in [4.69, 9.17) is 4.74 Å². The topological polar surface area (TPSA) is 76.8 Å². The van der Waals surface area contributed by atoms with Crippen LogP contribution in [0.15, 0.2) is 42.7 Å². The zero-order valence-corrected chi connectivity index (χ0v) is 22.6.